The molecule has 0 aliphatic rings. The molecule has 0 atom stereocenters. The molecular weight excluding hydrogens is 236 g/mol. The van der Waals surface area contributed by atoms with Crippen molar-refractivity contribution in [2.24, 2.45) is 0 Å². The Morgan fingerprint density at radius 1 is 0.947 bits per heavy atom. The van der Waals surface area contributed by atoms with Gasteiger partial charge in [-0.3, -0.25) is 0 Å². The molecule has 94 valence electrons. The second-order valence-corrected chi connectivity index (χ2v) is 3.91. The van der Waals surface area contributed by atoms with Crippen LogP contribution in [0.1, 0.15) is 11.1 Å². The molecule has 0 saturated carbocycles. The highest BCUT2D eigenvalue weighted by atomic mass is 16.5. The standard InChI is InChI=1S/C17H14O2/c1-2-19-17(18)16(15-11-7-4-8-12-15)13-14-9-5-3-6-10-14/h2-13H,1H2/b16-13-. The maximum Gasteiger partial charge on any atom is 0.343 e. The largest absolute Gasteiger partial charge is 0.432 e. The number of hydrogen-bond acceptors (Lipinski definition) is 2. The zero-order chi connectivity index (χ0) is 13.5. The van der Waals surface area contributed by atoms with Gasteiger partial charge in [0.1, 0.15) is 0 Å². The molecule has 0 radical (unpaired) electrons. The Morgan fingerprint density at radius 3 is 2.11 bits per heavy atom. The van der Waals surface area contributed by atoms with Crippen LogP contribution in [0.5, 0.6) is 0 Å². The van der Waals surface area contributed by atoms with E-state index in [1.807, 2.05) is 60.7 Å². The van der Waals surface area contributed by atoms with Crippen LogP contribution in [0.4, 0.5) is 0 Å². The zero-order valence-electron chi connectivity index (χ0n) is 10.5. The van der Waals surface area contributed by atoms with E-state index >= 15 is 0 Å². The highest BCUT2D eigenvalue weighted by Gasteiger charge is 2.12. The summed E-state index contributed by atoms with van der Waals surface area (Å²) >= 11 is 0. The molecular formula is C17H14O2. The molecule has 2 nitrogen and oxygen atoms in total. The lowest BCUT2D eigenvalue weighted by Gasteiger charge is -2.06. The van der Waals surface area contributed by atoms with E-state index in [2.05, 4.69) is 6.58 Å². The second-order valence-electron chi connectivity index (χ2n) is 3.91. The Balaban J connectivity index is 2.43. The molecule has 0 spiro atoms. The number of esters is 1. The molecule has 2 aromatic rings. The summed E-state index contributed by atoms with van der Waals surface area (Å²) in [6.45, 7) is 3.41. The van der Waals surface area contributed by atoms with Crippen LogP contribution in [0.2, 0.25) is 0 Å². The van der Waals surface area contributed by atoms with Gasteiger partial charge >= 0.3 is 5.97 Å². The van der Waals surface area contributed by atoms with Gasteiger partial charge in [0.25, 0.3) is 0 Å². The van der Waals surface area contributed by atoms with Gasteiger partial charge in [0.15, 0.2) is 0 Å². The Bertz CT molecular complexity index is 583. The van der Waals surface area contributed by atoms with E-state index in [0.29, 0.717) is 5.57 Å². The second kappa shape index (κ2) is 6.36. The van der Waals surface area contributed by atoms with Crippen molar-refractivity contribution in [3.05, 3.63) is 84.6 Å². The summed E-state index contributed by atoms with van der Waals surface area (Å²) in [5.41, 5.74) is 2.27. The topological polar surface area (TPSA) is 26.3 Å². The molecule has 0 aliphatic carbocycles. The number of benzene rings is 2. The fourth-order valence-corrected chi connectivity index (χ4v) is 1.73. The van der Waals surface area contributed by atoms with Gasteiger partial charge in [-0.15, -0.1) is 0 Å². The van der Waals surface area contributed by atoms with Crippen molar-refractivity contribution in [1.29, 1.82) is 0 Å². The summed E-state index contributed by atoms with van der Waals surface area (Å²) in [5.74, 6) is -0.412. The first kappa shape index (κ1) is 12.8. The lowest BCUT2D eigenvalue weighted by molar-refractivity contribution is -0.131. The van der Waals surface area contributed by atoms with E-state index in [0.717, 1.165) is 17.4 Å². The third-order valence-electron chi connectivity index (χ3n) is 2.61. The molecule has 0 amide bonds. The summed E-state index contributed by atoms with van der Waals surface area (Å²) in [6, 6.07) is 19.1. The highest BCUT2D eigenvalue weighted by molar-refractivity contribution is 6.21. The minimum absolute atomic E-state index is 0.412. The number of carbonyl (C=O) groups excluding carboxylic acids is 1. The zero-order valence-corrected chi connectivity index (χ0v) is 10.5. The molecule has 0 aliphatic heterocycles. The lowest BCUT2D eigenvalue weighted by Crippen LogP contribution is -2.03. The summed E-state index contributed by atoms with van der Waals surface area (Å²) in [5, 5.41) is 0. The third kappa shape index (κ3) is 3.42. The molecule has 0 bridgehead atoms. The number of hydrogen-bond donors (Lipinski definition) is 0. The first-order valence-corrected chi connectivity index (χ1v) is 5.95. The van der Waals surface area contributed by atoms with Crippen molar-refractivity contribution in [3.63, 3.8) is 0 Å². The van der Waals surface area contributed by atoms with Gasteiger partial charge in [0.05, 0.1) is 11.8 Å². The van der Waals surface area contributed by atoms with Crippen LogP contribution in [-0.2, 0) is 9.53 Å². The number of rotatable bonds is 4. The Morgan fingerprint density at radius 2 is 1.53 bits per heavy atom. The predicted molar refractivity (Wildman–Crippen MR) is 77.0 cm³/mol. The molecule has 2 aromatic carbocycles. The Kier molecular flexibility index (Phi) is 4.29. The van der Waals surface area contributed by atoms with Gasteiger partial charge in [-0.25, -0.2) is 4.79 Å². The minimum Gasteiger partial charge on any atom is -0.432 e. The van der Waals surface area contributed by atoms with E-state index < -0.39 is 5.97 Å². The lowest BCUT2D eigenvalue weighted by atomic mass is 10.0. The average molecular weight is 250 g/mol. The van der Waals surface area contributed by atoms with Crippen molar-refractivity contribution >= 4 is 17.6 Å². The molecule has 0 heterocycles. The van der Waals surface area contributed by atoms with Crippen LogP contribution >= 0.6 is 0 Å². The fraction of sp³-hybridized carbons (Fsp3) is 0. The van der Waals surface area contributed by atoms with Gasteiger partial charge in [-0.2, -0.15) is 0 Å². The smallest absolute Gasteiger partial charge is 0.343 e. The molecule has 0 aromatic heterocycles. The third-order valence-corrected chi connectivity index (χ3v) is 2.61. The number of carbonyl (C=O) groups is 1. The van der Waals surface area contributed by atoms with E-state index in [4.69, 9.17) is 4.74 Å². The SMILES string of the molecule is C=COC(=O)/C(=C\c1ccccc1)c1ccccc1. The molecule has 19 heavy (non-hydrogen) atoms. The maximum atomic E-state index is 12.0. The molecule has 0 saturated heterocycles. The van der Waals surface area contributed by atoms with Gasteiger partial charge in [0.2, 0.25) is 0 Å². The van der Waals surface area contributed by atoms with Gasteiger partial charge in [-0.05, 0) is 17.2 Å². The molecule has 0 unspecified atom stereocenters. The van der Waals surface area contributed by atoms with Crippen LogP contribution in [0, 0.1) is 0 Å². The van der Waals surface area contributed by atoms with Crippen LogP contribution in [-0.4, -0.2) is 5.97 Å². The average Bonchev–Trinajstić information content (AvgIpc) is 2.47. The van der Waals surface area contributed by atoms with E-state index in [1.165, 1.54) is 0 Å². The molecule has 2 heteroatoms. The minimum atomic E-state index is -0.412. The summed E-state index contributed by atoms with van der Waals surface area (Å²) in [7, 11) is 0. The highest BCUT2D eigenvalue weighted by Crippen LogP contribution is 2.19. The van der Waals surface area contributed by atoms with Crippen LogP contribution in [0.25, 0.3) is 11.6 Å². The quantitative estimate of drug-likeness (QED) is 0.356. The van der Waals surface area contributed by atoms with E-state index in [1.54, 1.807) is 6.08 Å². The van der Waals surface area contributed by atoms with Crippen LogP contribution < -0.4 is 0 Å². The molecule has 0 N–H and O–H groups in total. The summed E-state index contributed by atoms with van der Waals surface area (Å²) < 4.78 is 4.89. The number of ether oxygens (including phenoxy) is 1. The summed E-state index contributed by atoms with van der Waals surface area (Å²) in [4.78, 5) is 12.0. The monoisotopic (exact) mass is 250 g/mol. The van der Waals surface area contributed by atoms with Crippen LogP contribution in [0.15, 0.2) is 73.5 Å². The normalized spacial score (nSPS) is 10.8. The van der Waals surface area contributed by atoms with Gasteiger partial charge in [0, 0.05) is 0 Å². The van der Waals surface area contributed by atoms with Crippen LogP contribution in [0.3, 0.4) is 0 Å². The first-order chi connectivity index (χ1) is 9.31. The van der Waals surface area contributed by atoms with Gasteiger partial charge in [-0.1, -0.05) is 67.2 Å². The van der Waals surface area contributed by atoms with Crippen molar-refractivity contribution in [1.82, 2.24) is 0 Å². The molecule has 0 fully saturated rings. The van der Waals surface area contributed by atoms with E-state index in [9.17, 15) is 4.79 Å². The Hall–Kier alpha value is -2.61. The summed E-state index contributed by atoms with van der Waals surface area (Å²) in [6.07, 6.45) is 2.95. The van der Waals surface area contributed by atoms with Crippen molar-refractivity contribution < 1.29 is 9.53 Å². The van der Waals surface area contributed by atoms with Gasteiger partial charge < -0.3 is 4.74 Å². The Labute approximate surface area is 112 Å². The fourth-order valence-electron chi connectivity index (χ4n) is 1.73. The first-order valence-electron chi connectivity index (χ1n) is 5.95. The molecule has 2 rings (SSSR count). The van der Waals surface area contributed by atoms with E-state index in [-0.39, 0.29) is 0 Å². The van der Waals surface area contributed by atoms with Crippen molar-refractivity contribution in [2.45, 2.75) is 0 Å². The van der Waals surface area contributed by atoms with Crippen molar-refractivity contribution in [2.75, 3.05) is 0 Å². The predicted octanol–water partition coefficient (Wildman–Crippen LogP) is 3.91. The maximum absolute atomic E-state index is 12.0. The van der Waals surface area contributed by atoms with Crippen molar-refractivity contribution in [3.8, 4) is 0 Å².